The SMILES string of the molecule is CC(C)(C)OC(=O)NOc1cccc(Cl)c1. The van der Waals surface area contributed by atoms with E-state index in [0.717, 1.165) is 0 Å². The van der Waals surface area contributed by atoms with Crippen LogP contribution in [0, 0.1) is 0 Å². The lowest BCUT2D eigenvalue weighted by atomic mass is 10.2. The maximum atomic E-state index is 11.2. The van der Waals surface area contributed by atoms with Crippen LogP contribution in [0.15, 0.2) is 24.3 Å². The second kappa shape index (κ2) is 5.07. The Morgan fingerprint density at radius 2 is 2.06 bits per heavy atom. The van der Waals surface area contributed by atoms with Gasteiger partial charge in [-0.3, -0.25) is 0 Å². The predicted octanol–water partition coefficient (Wildman–Crippen LogP) is 3.16. The van der Waals surface area contributed by atoms with Crippen molar-refractivity contribution in [1.82, 2.24) is 5.48 Å². The van der Waals surface area contributed by atoms with Crippen molar-refractivity contribution >= 4 is 17.7 Å². The largest absolute Gasteiger partial charge is 0.442 e. The van der Waals surface area contributed by atoms with Crippen LogP contribution in [0.25, 0.3) is 0 Å². The highest BCUT2D eigenvalue weighted by atomic mass is 35.5. The molecule has 0 heterocycles. The number of hydroxylamine groups is 1. The molecule has 0 aliphatic rings. The minimum Gasteiger partial charge on any atom is -0.442 e. The summed E-state index contributed by atoms with van der Waals surface area (Å²) in [7, 11) is 0. The normalized spacial score (nSPS) is 10.8. The zero-order valence-corrected chi connectivity index (χ0v) is 10.2. The molecular formula is C11H14ClNO3. The first kappa shape index (κ1) is 12.6. The van der Waals surface area contributed by atoms with Crippen molar-refractivity contribution in [2.45, 2.75) is 26.4 Å². The molecule has 1 aromatic rings. The summed E-state index contributed by atoms with van der Waals surface area (Å²) in [5, 5.41) is 0.531. The van der Waals surface area contributed by atoms with Crippen LogP contribution in [0.3, 0.4) is 0 Å². The van der Waals surface area contributed by atoms with Gasteiger partial charge in [0.25, 0.3) is 0 Å². The Bertz CT molecular complexity index is 374. The first-order chi connectivity index (χ1) is 7.37. The van der Waals surface area contributed by atoms with Gasteiger partial charge in [-0.1, -0.05) is 17.7 Å². The van der Waals surface area contributed by atoms with Gasteiger partial charge in [-0.05, 0) is 32.9 Å². The fourth-order valence-electron chi connectivity index (χ4n) is 0.930. The third kappa shape index (κ3) is 4.89. The molecule has 0 spiro atoms. The van der Waals surface area contributed by atoms with Gasteiger partial charge in [0.15, 0.2) is 5.75 Å². The molecule has 16 heavy (non-hydrogen) atoms. The molecule has 0 unspecified atom stereocenters. The summed E-state index contributed by atoms with van der Waals surface area (Å²) in [5.74, 6) is 0.443. The minimum atomic E-state index is -0.646. The van der Waals surface area contributed by atoms with Crippen molar-refractivity contribution < 1.29 is 14.4 Å². The third-order valence-corrected chi connectivity index (χ3v) is 1.68. The van der Waals surface area contributed by atoms with Crippen LogP contribution in [0.1, 0.15) is 20.8 Å². The van der Waals surface area contributed by atoms with Crippen LogP contribution >= 0.6 is 11.6 Å². The van der Waals surface area contributed by atoms with E-state index in [1.807, 2.05) is 0 Å². The average molecular weight is 244 g/mol. The smallest absolute Gasteiger partial charge is 0.441 e. The number of ether oxygens (including phenoxy) is 1. The molecule has 0 bridgehead atoms. The maximum absolute atomic E-state index is 11.2. The molecule has 1 N–H and O–H groups in total. The Morgan fingerprint density at radius 1 is 1.38 bits per heavy atom. The van der Waals surface area contributed by atoms with Crippen LogP contribution in [0.2, 0.25) is 5.02 Å². The molecule has 0 fully saturated rings. The van der Waals surface area contributed by atoms with Crippen LogP contribution in [0.4, 0.5) is 4.79 Å². The van der Waals surface area contributed by atoms with Crippen molar-refractivity contribution in [2.75, 3.05) is 0 Å². The lowest BCUT2D eigenvalue weighted by Gasteiger charge is -2.19. The molecule has 0 saturated carbocycles. The first-order valence-electron chi connectivity index (χ1n) is 4.78. The molecular weight excluding hydrogens is 230 g/mol. The predicted molar refractivity (Wildman–Crippen MR) is 61.4 cm³/mol. The Labute approximate surface area is 99.5 Å². The van der Waals surface area contributed by atoms with Crippen molar-refractivity contribution in [3.05, 3.63) is 29.3 Å². The molecule has 0 aromatic heterocycles. The van der Waals surface area contributed by atoms with Gasteiger partial charge in [0.05, 0.1) is 0 Å². The topological polar surface area (TPSA) is 47.6 Å². The molecule has 1 amide bonds. The lowest BCUT2D eigenvalue weighted by Crippen LogP contribution is -2.34. The van der Waals surface area contributed by atoms with E-state index < -0.39 is 11.7 Å². The number of carbonyl (C=O) groups is 1. The van der Waals surface area contributed by atoms with Gasteiger partial charge in [-0.25, -0.2) is 4.79 Å². The Hall–Kier alpha value is -1.42. The lowest BCUT2D eigenvalue weighted by molar-refractivity contribution is 0.0287. The van der Waals surface area contributed by atoms with Crippen LogP contribution in [-0.2, 0) is 4.74 Å². The molecule has 4 nitrogen and oxygen atoms in total. The highest BCUT2D eigenvalue weighted by molar-refractivity contribution is 6.30. The van der Waals surface area contributed by atoms with E-state index in [1.165, 1.54) is 0 Å². The molecule has 1 aromatic carbocycles. The first-order valence-corrected chi connectivity index (χ1v) is 5.16. The van der Waals surface area contributed by atoms with Gasteiger partial charge >= 0.3 is 6.09 Å². The number of hydrogen-bond donors (Lipinski definition) is 1. The minimum absolute atomic E-state index is 0.443. The highest BCUT2D eigenvalue weighted by Crippen LogP contribution is 2.16. The van der Waals surface area contributed by atoms with Gasteiger partial charge in [0.2, 0.25) is 0 Å². The highest BCUT2D eigenvalue weighted by Gasteiger charge is 2.16. The van der Waals surface area contributed by atoms with Gasteiger partial charge in [-0.2, -0.15) is 5.48 Å². The molecule has 88 valence electrons. The number of nitrogens with one attached hydrogen (secondary N) is 1. The number of amides is 1. The van der Waals surface area contributed by atoms with E-state index in [9.17, 15) is 4.79 Å². The monoisotopic (exact) mass is 243 g/mol. The van der Waals surface area contributed by atoms with Crippen LogP contribution < -0.4 is 10.3 Å². The van der Waals surface area contributed by atoms with E-state index in [4.69, 9.17) is 21.2 Å². The summed E-state index contributed by atoms with van der Waals surface area (Å²) in [6.07, 6.45) is -0.646. The van der Waals surface area contributed by atoms with Crippen molar-refractivity contribution in [2.24, 2.45) is 0 Å². The number of rotatable bonds is 2. The van der Waals surface area contributed by atoms with E-state index >= 15 is 0 Å². The number of halogens is 1. The standard InChI is InChI=1S/C11H14ClNO3/c1-11(2,3)15-10(14)13-16-9-6-4-5-8(12)7-9/h4-7H,1-3H3,(H,13,14). The van der Waals surface area contributed by atoms with Gasteiger partial charge in [0.1, 0.15) is 5.60 Å². The summed E-state index contributed by atoms with van der Waals surface area (Å²) < 4.78 is 4.98. The summed E-state index contributed by atoms with van der Waals surface area (Å²) in [4.78, 5) is 16.2. The van der Waals surface area contributed by atoms with Gasteiger partial charge < -0.3 is 9.57 Å². The van der Waals surface area contributed by atoms with Crippen molar-refractivity contribution in [1.29, 1.82) is 0 Å². The van der Waals surface area contributed by atoms with Crippen molar-refractivity contribution in [3.8, 4) is 5.75 Å². The summed E-state index contributed by atoms with van der Waals surface area (Å²) in [6.45, 7) is 5.31. The fraction of sp³-hybridized carbons (Fsp3) is 0.364. The van der Waals surface area contributed by atoms with Crippen molar-refractivity contribution in [3.63, 3.8) is 0 Å². The summed E-state index contributed by atoms with van der Waals surface area (Å²) in [5.41, 5.74) is 1.61. The third-order valence-electron chi connectivity index (χ3n) is 1.45. The van der Waals surface area contributed by atoms with Gasteiger partial charge in [0, 0.05) is 11.1 Å². The zero-order chi connectivity index (χ0) is 12.2. The Balaban J connectivity index is 2.43. The number of carbonyl (C=O) groups excluding carboxylic acids is 1. The molecule has 0 aliphatic carbocycles. The Morgan fingerprint density at radius 3 is 2.62 bits per heavy atom. The molecule has 0 atom stereocenters. The molecule has 0 saturated heterocycles. The summed E-state index contributed by atoms with van der Waals surface area (Å²) >= 11 is 5.74. The van der Waals surface area contributed by atoms with E-state index in [2.05, 4.69) is 5.48 Å². The average Bonchev–Trinajstić information content (AvgIpc) is 2.12. The van der Waals surface area contributed by atoms with Crippen LogP contribution in [0.5, 0.6) is 5.75 Å². The second-order valence-electron chi connectivity index (χ2n) is 4.16. The zero-order valence-electron chi connectivity index (χ0n) is 9.41. The molecule has 0 aliphatic heterocycles. The molecule has 0 radical (unpaired) electrons. The van der Waals surface area contributed by atoms with Gasteiger partial charge in [-0.15, -0.1) is 0 Å². The van der Waals surface area contributed by atoms with E-state index in [-0.39, 0.29) is 0 Å². The maximum Gasteiger partial charge on any atom is 0.441 e. The Kier molecular flexibility index (Phi) is 4.01. The number of benzene rings is 1. The van der Waals surface area contributed by atoms with E-state index in [1.54, 1.807) is 45.0 Å². The molecule has 5 heteroatoms. The molecule has 1 rings (SSSR count). The fourth-order valence-corrected chi connectivity index (χ4v) is 1.11. The van der Waals surface area contributed by atoms with E-state index in [0.29, 0.717) is 10.8 Å². The van der Waals surface area contributed by atoms with Crippen LogP contribution in [-0.4, -0.2) is 11.7 Å². The second-order valence-corrected chi connectivity index (χ2v) is 4.60. The summed E-state index contributed by atoms with van der Waals surface area (Å²) in [6, 6.07) is 6.68. The quantitative estimate of drug-likeness (QED) is 0.812. The number of hydrogen-bond acceptors (Lipinski definition) is 3.